The normalized spacial score (nSPS) is 21.8. The van der Waals surface area contributed by atoms with Crippen LogP contribution >= 0.6 is 0 Å². The summed E-state index contributed by atoms with van der Waals surface area (Å²) in [6.07, 6.45) is 1.35. The quantitative estimate of drug-likeness (QED) is 0.867. The van der Waals surface area contributed by atoms with Crippen LogP contribution in [0.1, 0.15) is 32.8 Å². The molecular formula is C18H26N2O3. The summed E-state index contributed by atoms with van der Waals surface area (Å²) in [6, 6.07) is 9.98. The summed E-state index contributed by atoms with van der Waals surface area (Å²) in [7, 11) is 0. The Morgan fingerprint density at radius 2 is 2.04 bits per heavy atom. The fourth-order valence-electron chi connectivity index (χ4n) is 2.69. The van der Waals surface area contributed by atoms with E-state index in [-0.39, 0.29) is 18.1 Å². The van der Waals surface area contributed by atoms with Crippen molar-refractivity contribution in [3.63, 3.8) is 0 Å². The molecule has 1 aromatic carbocycles. The van der Waals surface area contributed by atoms with E-state index in [0.29, 0.717) is 26.1 Å². The number of nitrogens with one attached hydrogen (secondary N) is 1. The van der Waals surface area contributed by atoms with Crippen LogP contribution in [0.2, 0.25) is 0 Å². The van der Waals surface area contributed by atoms with Crippen LogP contribution in [0.4, 0.5) is 4.79 Å². The summed E-state index contributed by atoms with van der Waals surface area (Å²) < 4.78 is 5.43. The number of hydrogen-bond donors (Lipinski definition) is 1. The molecule has 0 aromatic heterocycles. The van der Waals surface area contributed by atoms with Crippen molar-refractivity contribution < 1.29 is 14.3 Å². The highest BCUT2D eigenvalue weighted by Crippen LogP contribution is 2.19. The number of nitrogens with zero attached hydrogens (tertiary/aromatic N) is 1. The number of aldehydes is 1. The van der Waals surface area contributed by atoms with Gasteiger partial charge in [0.15, 0.2) is 0 Å². The van der Waals surface area contributed by atoms with Gasteiger partial charge in [-0.25, -0.2) is 4.79 Å². The molecule has 0 saturated carbocycles. The largest absolute Gasteiger partial charge is 0.444 e. The number of piperidine rings is 1. The maximum atomic E-state index is 12.2. The first-order valence-electron chi connectivity index (χ1n) is 8.09. The number of ether oxygens (including phenoxy) is 1. The van der Waals surface area contributed by atoms with Gasteiger partial charge in [-0.05, 0) is 32.8 Å². The number of amides is 1. The highest BCUT2D eigenvalue weighted by Gasteiger charge is 2.33. The first kappa shape index (κ1) is 17.5. The standard InChI is InChI=1S/C18H26N2O3/c1-18(2,3)23-17(22)20-10-9-15(13-21)16(12-20)19-11-14-7-5-4-6-8-14/h4-8,13,15-16,19H,9-12H2,1-3H3/t15-,16+/m1/s1. The minimum Gasteiger partial charge on any atom is -0.444 e. The lowest BCUT2D eigenvalue weighted by Gasteiger charge is -2.37. The minimum absolute atomic E-state index is 0.0472. The maximum absolute atomic E-state index is 12.2. The predicted molar refractivity (Wildman–Crippen MR) is 89.0 cm³/mol. The number of hydrogen-bond acceptors (Lipinski definition) is 4. The van der Waals surface area contributed by atoms with E-state index in [9.17, 15) is 9.59 Å². The highest BCUT2D eigenvalue weighted by atomic mass is 16.6. The molecule has 1 fully saturated rings. The molecule has 2 atom stereocenters. The lowest BCUT2D eigenvalue weighted by Crippen LogP contribution is -2.53. The Morgan fingerprint density at radius 3 is 2.65 bits per heavy atom. The molecule has 126 valence electrons. The number of rotatable bonds is 4. The number of carbonyl (C=O) groups is 2. The third-order valence-corrected chi connectivity index (χ3v) is 3.90. The van der Waals surface area contributed by atoms with Gasteiger partial charge in [-0.1, -0.05) is 30.3 Å². The Morgan fingerprint density at radius 1 is 1.35 bits per heavy atom. The van der Waals surface area contributed by atoms with Crippen molar-refractivity contribution >= 4 is 12.4 Å². The van der Waals surface area contributed by atoms with E-state index in [1.807, 2.05) is 51.1 Å². The molecule has 1 saturated heterocycles. The fraction of sp³-hybridized carbons (Fsp3) is 0.556. The summed E-state index contributed by atoms with van der Waals surface area (Å²) >= 11 is 0. The first-order valence-corrected chi connectivity index (χ1v) is 8.09. The summed E-state index contributed by atoms with van der Waals surface area (Å²) in [6.45, 7) is 7.29. The molecule has 1 amide bonds. The molecule has 1 aliphatic rings. The van der Waals surface area contributed by atoms with Gasteiger partial charge in [-0.3, -0.25) is 0 Å². The molecule has 1 aliphatic heterocycles. The molecule has 0 unspecified atom stereocenters. The number of benzene rings is 1. The number of carbonyl (C=O) groups excluding carboxylic acids is 2. The Bertz CT molecular complexity index is 525. The van der Waals surface area contributed by atoms with Gasteiger partial charge in [0.2, 0.25) is 0 Å². The van der Waals surface area contributed by atoms with Crippen LogP contribution in [0, 0.1) is 5.92 Å². The van der Waals surface area contributed by atoms with E-state index in [0.717, 1.165) is 11.8 Å². The molecular weight excluding hydrogens is 292 g/mol. The van der Waals surface area contributed by atoms with Crippen molar-refractivity contribution in [2.24, 2.45) is 5.92 Å². The van der Waals surface area contributed by atoms with Crippen LogP contribution < -0.4 is 5.32 Å². The Hall–Kier alpha value is -1.88. The zero-order chi connectivity index (χ0) is 16.9. The zero-order valence-corrected chi connectivity index (χ0v) is 14.1. The van der Waals surface area contributed by atoms with Crippen LogP contribution in [0.25, 0.3) is 0 Å². The van der Waals surface area contributed by atoms with E-state index in [1.165, 1.54) is 0 Å². The Kier molecular flexibility index (Phi) is 5.77. The molecule has 0 radical (unpaired) electrons. The SMILES string of the molecule is CC(C)(C)OC(=O)N1CC[C@H](C=O)[C@@H](NCc2ccccc2)C1. The van der Waals surface area contributed by atoms with Crippen LogP contribution in [-0.2, 0) is 16.1 Å². The Labute approximate surface area is 138 Å². The average Bonchev–Trinajstić information content (AvgIpc) is 2.52. The monoisotopic (exact) mass is 318 g/mol. The lowest BCUT2D eigenvalue weighted by molar-refractivity contribution is -0.113. The van der Waals surface area contributed by atoms with Crippen molar-refractivity contribution in [1.82, 2.24) is 10.2 Å². The second-order valence-corrected chi connectivity index (χ2v) is 6.99. The van der Waals surface area contributed by atoms with E-state index in [1.54, 1.807) is 4.90 Å². The Balaban J connectivity index is 1.95. The molecule has 2 rings (SSSR count). The van der Waals surface area contributed by atoms with Crippen LogP contribution in [0.15, 0.2) is 30.3 Å². The summed E-state index contributed by atoms with van der Waals surface area (Å²) in [5.74, 6) is -0.0719. The van der Waals surface area contributed by atoms with Crippen LogP contribution in [0.5, 0.6) is 0 Å². The third kappa shape index (κ3) is 5.36. The van der Waals surface area contributed by atoms with Gasteiger partial charge >= 0.3 is 6.09 Å². The van der Waals surface area contributed by atoms with Crippen molar-refractivity contribution in [1.29, 1.82) is 0 Å². The van der Waals surface area contributed by atoms with Gasteiger partial charge in [-0.2, -0.15) is 0 Å². The highest BCUT2D eigenvalue weighted by molar-refractivity contribution is 5.69. The molecule has 1 heterocycles. The lowest BCUT2D eigenvalue weighted by atomic mass is 9.93. The fourth-order valence-corrected chi connectivity index (χ4v) is 2.69. The second-order valence-electron chi connectivity index (χ2n) is 6.99. The van der Waals surface area contributed by atoms with E-state index in [2.05, 4.69) is 5.32 Å². The third-order valence-electron chi connectivity index (χ3n) is 3.90. The van der Waals surface area contributed by atoms with Gasteiger partial charge < -0.3 is 19.7 Å². The summed E-state index contributed by atoms with van der Waals surface area (Å²) in [5.41, 5.74) is 0.650. The second kappa shape index (κ2) is 7.59. The maximum Gasteiger partial charge on any atom is 0.410 e. The van der Waals surface area contributed by atoms with Crippen molar-refractivity contribution in [2.75, 3.05) is 13.1 Å². The van der Waals surface area contributed by atoms with Gasteiger partial charge in [0.25, 0.3) is 0 Å². The van der Waals surface area contributed by atoms with E-state index < -0.39 is 5.60 Å². The molecule has 0 aliphatic carbocycles. The van der Waals surface area contributed by atoms with Crippen molar-refractivity contribution in [2.45, 2.75) is 45.4 Å². The van der Waals surface area contributed by atoms with Crippen molar-refractivity contribution in [3.8, 4) is 0 Å². The average molecular weight is 318 g/mol. The predicted octanol–water partition coefficient (Wildman–Crippen LogP) is 2.60. The van der Waals surface area contributed by atoms with Gasteiger partial charge in [0.1, 0.15) is 11.9 Å². The summed E-state index contributed by atoms with van der Waals surface area (Å²) in [4.78, 5) is 25.2. The van der Waals surface area contributed by atoms with Crippen LogP contribution in [-0.4, -0.2) is 42.0 Å². The van der Waals surface area contributed by atoms with Gasteiger partial charge in [0, 0.05) is 31.6 Å². The molecule has 5 heteroatoms. The van der Waals surface area contributed by atoms with Gasteiger partial charge in [-0.15, -0.1) is 0 Å². The minimum atomic E-state index is -0.508. The first-order chi connectivity index (χ1) is 10.9. The van der Waals surface area contributed by atoms with E-state index in [4.69, 9.17) is 4.74 Å². The molecule has 0 bridgehead atoms. The molecule has 5 nitrogen and oxygen atoms in total. The summed E-state index contributed by atoms with van der Waals surface area (Å²) in [5, 5.41) is 3.41. The van der Waals surface area contributed by atoms with Gasteiger partial charge in [0.05, 0.1) is 0 Å². The molecule has 1 aromatic rings. The van der Waals surface area contributed by atoms with Crippen LogP contribution in [0.3, 0.4) is 0 Å². The van der Waals surface area contributed by atoms with E-state index >= 15 is 0 Å². The topological polar surface area (TPSA) is 58.6 Å². The molecule has 1 N–H and O–H groups in total. The smallest absolute Gasteiger partial charge is 0.410 e. The molecule has 0 spiro atoms. The molecule has 23 heavy (non-hydrogen) atoms. The van der Waals surface area contributed by atoms with Crippen molar-refractivity contribution in [3.05, 3.63) is 35.9 Å². The number of likely N-dealkylation sites (tertiary alicyclic amines) is 1. The zero-order valence-electron chi connectivity index (χ0n) is 14.1.